The summed E-state index contributed by atoms with van der Waals surface area (Å²) in [5.41, 5.74) is 5.07. The number of sulfonamides is 1. The van der Waals surface area contributed by atoms with Crippen LogP contribution in [-0.2, 0) is 10.0 Å². The monoisotopic (exact) mass is 385 g/mol. The number of benzene rings is 1. The third-order valence-corrected chi connectivity index (χ3v) is 5.64. The van der Waals surface area contributed by atoms with Crippen LogP contribution in [0, 0.1) is 5.82 Å². The van der Waals surface area contributed by atoms with Crippen LogP contribution in [0.2, 0.25) is 5.02 Å². The van der Waals surface area contributed by atoms with Gasteiger partial charge in [0, 0.05) is 11.6 Å². The summed E-state index contributed by atoms with van der Waals surface area (Å²) < 4.78 is 40.2. The van der Waals surface area contributed by atoms with Crippen molar-refractivity contribution in [2.45, 2.75) is 4.90 Å². The number of thiazole rings is 1. The number of rotatable bonds is 3. The topological polar surface area (TPSA) is 85.1 Å². The predicted octanol–water partition coefficient (Wildman–Crippen LogP) is 3.08. The lowest BCUT2D eigenvalue weighted by atomic mass is 10.3. The van der Waals surface area contributed by atoms with Gasteiger partial charge in [-0.1, -0.05) is 11.6 Å². The van der Waals surface area contributed by atoms with Gasteiger partial charge in [-0.15, -0.1) is 11.3 Å². The standard InChI is InChI=1S/C9H6BrClFN3O2S2/c10-6-4(11)3-5(7(12)8(6)13)19(16,17)15-9-14-1-2-18-9/h1-3H,13H2,(H,14,15). The Hall–Kier alpha value is -0.900. The summed E-state index contributed by atoms with van der Waals surface area (Å²) in [5, 5.41) is 1.70. The van der Waals surface area contributed by atoms with Crippen LogP contribution < -0.4 is 10.5 Å². The van der Waals surface area contributed by atoms with E-state index in [9.17, 15) is 12.8 Å². The molecule has 1 aromatic carbocycles. The van der Waals surface area contributed by atoms with E-state index in [-0.39, 0.29) is 20.3 Å². The molecule has 5 nitrogen and oxygen atoms in total. The molecule has 0 atom stereocenters. The van der Waals surface area contributed by atoms with Crippen LogP contribution in [0.1, 0.15) is 0 Å². The maximum atomic E-state index is 13.9. The van der Waals surface area contributed by atoms with E-state index < -0.39 is 20.7 Å². The van der Waals surface area contributed by atoms with Crippen LogP contribution in [0.5, 0.6) is 0 Å². The molecule has 0 radical (unpaired) electrons. The highest BCUT2D eigenvalue weighted by Crippen LogP contribution is 2.35. The largest absolute Gasteiger partial charge is 0.395 e. The molecule has 0 amide bonds. The van der Waals surface area contributed by atoms with Crippen molar-refractivity contribution in [3.8, 4) is 0 Å². The zero-order valence-corrected chi connectivity index (χ0v) is 13.0. The summed E-state index contributed by atoms with van der Waals surface area (Å²) in [5.74, 6) is -1.07. The van der Waals surface area contributed by atoms with Gasteiger partial charge in [-0.2, -0.15) is 0 Å². The summed E-state index contributed by atoms with van der Waals surface area (Å²) in [6.07, 6.45) is 1.42. The third kappa shape index (κ3) is 2.83. The highest BCUT2D eigenvalue weighted by atomic mass is 79.9. The van der Waals surface area contributed by atoms with Gasteiger partial charge in [-0.25, -0.2) is 17.8 Å². The average Bonchev–Trinajstić information content (AvgIpc) is 2.83. The summed E-state index contributed by atoms with van der Waals surface area (Å²) in [7, 11) is -4.14. The molecule has 102 valence electrons. The molecule has 10 heteroatoms. The van der Waals surface area contributed by atoms with E-state index in [4.69, 9.17) is 17.3 Å². The molecule has 1 aromatic heterocycles. The van der Waals surface area contributed by atoms with Gasteiger partial charge >= 0.3 is 0 Å². The zero-order chi connectivity index (χ0) is 14.2. The van der Waals surface area contributed by atoms with Crippen molar-refractivity contribution in [3.05, 3.63) is 33.0 Å². The number of nitrogen functional groups attached to an aromatic ring is 1. The molecule has 1 heterocycles. The number of halogens is 3. The Morgan fingerprint density at radius 3 is 2.79 bits per heavy atom. The van der Waals surface area contributed by atoms with Gasteiger partial charge < -0.3 is 5.73 Å². The smallest absolute Gasteiger partial charge is 0.266 e. The summed E-state index contributed by atoms with van der Waals surface area (Å²) in [4.78, 5) is 3.12. The molecule has 2 rings (SSSR count). The molecule has 3 N–H and O–H groups in total. The zero-order valence-electron chi connectivity index (χ0n) is 9.02. The van der Waals surface area contributed by atoms with Crippen molar-refractivity contribution >= 4 is 59.7 Å². The lowest BCUT2D eigenvalue weighted by Crippen LogP contribution is -2.15. The van der Waals surface area contributed by atoms with E-state index >= 15 is 0 Å². The highest BCUT2D eigenvalue weighted by molar-refractivity contribution is 9.10. The van der Waals surface area contributed by atoms with Gasteiger partial charge in [0.25, 0.3) is 10.0 Å². The average molecular weight is 387 g/mol. The number of nitrogens with one attached hydrogen (secondary N) is 1. The molecule has 0 unspecified atom stereocenters. The SMILES string of the molecule is Nc1c(F)c(S(=O)(=O)Nc2nccs2)cc(Cl)c1Br. The van der Waals surface area contributed by atoms with E-state index in [1.54, 1.807) is 5.38 Å². The third-order valence-electron chi connectivity index (χ3n) is 2.10. The molecule has 0 bridgehead atoms. The van der Waals surface area contributed by atoms with Crippen molar-refractivity contribution in [3.63, 3.8) is 0 Å². The number of anilines is 2. The number of aromatic nitrogens is 1. The molecule has 19 heavy (non-hydrogen) atoms. The summed E-state index contributed by atoms with van der Waals surface area (Å²) >= 11 is 9.81. The number of nitrogens with two attached hydrogens (primary N) is 1. The van der Waals surface area contributed by atoms with Gasteiger partial charge in [0.1, 0.15) is 4.90 Å². The Bertz CT molecular complexity index is 722. The second-order valence-corrected chi connectivity index (χ2v) is 7.09. The number of hydrogen-bond acceptors (Lipinski definition) is 5. The minimum absolute atomic E-state index is 0.00147. The maximum absolute atomic E-state index is 13.9. The van der Waals surface area contributed by atoms with Crippen molar-refractivity contribution in [1.82, 2.24) is 4.98 Å². The Labute approximate surface area is 125 Å². The van der Waals surface area contributed by atoms with E-state index in [1.165, 1.54) is 6.20 Å². The molecular formula is C9H6BrClFN3O2S2. The second kappa shape index (κ2) is 5.23. The van der Waals surface area contributed by atoms with Crippen molar-refractivity contribution in [1.29, 1.82) is 0 Å². The van der Waals surface area contributed by atoms with Crippen LogP contribution in [0.25, 0.3) is 0 Å². The first kappa shape index (κ1) is 14.5. The molecule has 2 aromatic rings. The predicted molar refractivity (Wildman–Crippen MR) is 76.4 cm³/mol. The molecule has 0 aliphatic carbocycles. The fourth-order valence-electron chi connectivity index (χ4n) is 1.24. The Balaban J connectivity index is 2.52. The van der Waals surface area contributed by atoms with E-state index in [0.717, 1.165) is 17.4 Å². The van der Waals surface area contributed by atoms with Gasteiger partial charge in [0.2, 0.25) is 0 Å². The summed E-state index contributed by atoms with van der Waals surface area (Å²) in [6.45, 7) is 0. The lowest BCUT2D eigenvalue weighted by molar-refractivity contribution is 0.572. The quantitative estimate of drug-likeness (QED) is 0.627. The minimum Gasteiger partial charge on any atom is -0.395 e. The Kier molecular flexibility index (Phi) is 4.00. The molecule has 0 aliphatic rings. The maximum Gasteiger partial charge on any atom is 0.266 e. The first-order valence-electron chi connectivity index (χ1n) is 4.68. The molecule has 0 aliphatic heterocycles. The second-order valence-electron chi connectivity index (χ2n) is 3.34. The van der Waals surface area contributed by atoms with Gasteiger partial charge in [0.15, 0.2) is 10.9 Å². The minimum atomic E-state index is -4.14. The van der Waals surface area contributed by atoms with E-state index in [0.29, 0.717) is 0 Å². The normalized spacial score (nSPS) is 11.5. The molecule has 0 spiro atoms. The fraction of sp³-hybridized carbons (Fsp3) is 0. The van der Waals surface area contributed by atoms with Crippen molar-refractivity contribution in [2.75, 3.05) is 10.5 Å². The van der Waals surface area contributed by atoms with E-state index in [1.807, 2.05) is 0 Å². The molecule has 0 saturated heterocycles. The summed E-state index contributed by atoms with van der Waals surface area (Å²) in [6, 6.07) is 0.979. The molecule has 0 saturated carbocycles. The molecule has 0 fully saturated rings. The number of hydrogen-bond donors (Lipinski definition) is 2. The lowest BCUT2D eigenvalue weighted by Gasteiger charge is -2.10. The van der Waals surface area contributed by atoms with Crippen LogP contribution in [0.15, 0.2) is 27.0 Å². The highest BCUT2D eigenvalue weighted by Gasteiger charge is 2.24. The van der Waals surface area contributed by atoms with Crippen molar-refractivity contribution < 1.29 is 12.8 Å². The van der Waals surface area contributed by atoms with Crippen LogP contribution in [0.4, 0.5) is 15.2 Å². The van der Waals surface area contributed by atoms with Crippen LogP contribution >= 0.6 is 38.9 Å². The molecular weight excluding hydrogens is 381 g/mol. The van der Waals surface area contributed by atoms with Gasteiger partial charge in [0.05, 0.1) is 15.2 Å². The Morgan fingerprint density at radius 2 is 2.21 bits per heavy atom. The Morgan fingerprint density at radius 1 is 1.53 bits per heavy atom. The van der Waals surface area contributed by atoms with E-state index in [2.05, 4.69) is 25.6 Å². The van der Waals surface area contributed by atoms with Gasteiger partial charge in [-0.3, -0.25) is 4.72 Å². The first-order chi connectivity index (χ1) is 8.83. The van der Waals surface area contributed by atoms with Crippen molar-refractivity contribution in [2.24, 2.45) is 0 Å². The first-order valence-corrected chi connectivity index (χ1v) is 8.21. The fourth-order valence-corrected chi connectivity index (χ4v) is 3.71. The van der Waals surface area contributed by atoms with Crippen LogP contribution in [-0.4, -0.2) is 13.4 Å². The van der Waals surface area contributed by atoms with Gasteiger partial charge in [-0.05, 0) is 22.0 Å². The van der Waals surface area contributed by atoms with Crippen LogP contribution in [0.3, 0.4) is 0 Å². The number of nitrogens with zero attached hydrogens (tertiary/aromatic N) is 1.